The molecule has 0 atom stereocenters. The van der Waals surface area contributed by atoms with E-state index in [0.29, 0.717) is 20.3 Å². The van der Waals surface area contributed by atoms with Gasteiger partial charge in [0.15, 0.2) is 5.82 Å². The molecule has 2 aromatic heterocycles. The molecular formula is C17H10ClN3OS. The van der Waals surface area contributed by atoms with Gasteiger partial charge in [0.05, 0.1) is 4.53 Å². The Kier molecular flexibility index (Phi) is 3.44. The van der Waals surface area contributed by atoms with Crippen LogP contribution in [0.3, 0.4) is 0 Å². The van der Waals surface area contributed by atoms with Crippen molar-refractivity contribution >= 4 is 34.0 Å². The van der Waals surface area contributed by atoms with Crippen LogP contribution in [-0.2, 0) is 0 Å². The normalized spacial score (nSPS) is 12.1. The van der Waals surface area contributed by atoms with Gasteiger partial charge in [-0.2, -0.15) is 0 Å². The quantitative estimate of drug-likeness (QED) is 0.564. The molecule has 23 heavy (non-hydrogen) atoms. The molecule has 0 spiro atoms. The highest BCUT2D eigenvalue weighted by Gasteiger charge is 2.13. The van der Waals surface area contributed by atoms with Crippen LogP contribution in [0.5, 0.6) is 0 Å². The Morgan fingerprint density at radius 2 is 1.74 bits per heavy atom. The Hall–Kier alpha value is -2.50. The molecule has 6 heteroatoms. The van der Waals surface area contributed by atoms with Crippen molar-refractivity contribution in [2.45, 2.75) is 0 Å². The van der Waals surface area contributed by atoms with Crippen LogP contribution in [0.15, 0.2) is 59.4 Å². The second-order valence-corrected chi connectivity index (χ2v) is 6.36. The maximum Gasteiger partial charge on any atom is 0.276 e. The summed E-state index contributed by atoms with van der Waals surface area (Å²) in [4.78, 5) is 13.3. The van der Waals surface area contributed by atoms with Crippen molar-refractivity contribution in [2.75, 3.05) is 0 Å². The first-order valence-corrected chi connectivity index (χ1v) is 8.13. The van der Waals surface area contributed by atoms with E-state index in [2.05, 4.69) is 10.2 Å². The third-order valence-corrected chi connectivity index (χ3v) is 4.78. The minimum atomic E-state index is -0.131. The fourth-order valence-corrected chi connectivity index (χ4v) is 3.46. The molecule has 112 valence electrons. The predicted octanol–water partition coefficient (Wildman–Crippen LogP) is 3.02. The molecule has 4 rings (SSSR count). The molecule has 0 saturated carbocycles. The van der Waals surface area contributed by atoms with Gasteiger partial charge in [0.1, 0.15) is 0 Å². The molecule has 2 heterocycles. The predicted molar refractivity (Wildman–Crippen MR) is 92.8 cm³/mol. The van der Waals surface area contributed by atoms with Crippen molar-refractivity contribution < 1.29 is 0 Å². The number of thiazole rings is 1. The van der Waals surface area contributed by atoms with Gasteiger partial charge in [-0.3, -0.25) is 4.79 Å². The van der Waals surface area contributed by atoms with Crippen LogP contribution in [0.1, 0.15) is 5.56 Å². The van der Waals surface area contributed by atoms with E-state index in [1.54, 1.807) is 16.5 Å². The number of halogens is 1. The molecular weight excluding hydrogens is 330 g/mol. The third kappa shape index (κ3) is 2.44. The summed E-state index contributed by atoms with van der Waals surface area (Å²) in [6.07, 6.45) is 1.79. The van der Waals surface area contributed by atoms with Gasteiger partial charge in [-0.1, -0.05) is 71.5 Å². The zero-order chi connectivity index (χ0) is 15.8. The lowest BCUT2D eigenvalue weighted by Gasteiger charge is -1.95. The largest absolute Gasteiger partial charge is 0.276 e. The minimum Gasteiger partial charge on any atom is -0.267 e. The first-order valence-electron chi connectivity index (χ1n) is 6.93. The molecule has 0 unspecified atom stereocenters. The fourth-order valence-electron chi connectivity index (χ4n) is 2.37. The molecule has 0 bridgehead atoms. The third-order valence-electron chi connectivity index (χ3n) is 3.47. The number of benzene rings is 2. The number of fused-ring (bicyclic) bond motifs is 1. The van der Waals surface area contributed by atoms with Crippen molar-refractivity contribution in [3.63, 3.8) is 0 Å². The Labute approximate surface area is 140 Å². The Balaban J connectivity index is 1.96. The van der Waals surface area contributed by atoms with Crippen LogP contribution < -0.4 is 10.1 Å². The minimum absolute atomic E-state index is 0.131. The van der Waals surface area contributed by atoms with Gasteiger partial charge >= 0.3 is 0 Å². The standard InChI is InChI=1S/C17H10ClN3OS/c18-13-9-5-4-8-12(13)10-14-16(22)21-15(19-20-17(21)23-14)11-6-2-1-3-7-11/h1-10H/b14-10+. The Morgan fingerprint density at radius 1 is 1.00 bits per heavy atom. The van der Waals surface area contributed by atoms with Gasteiger partial charge in [-0.05, 0) is 17.7 Å². The molecule has 0 saturated heterocycles. The summed E-state index contributed by atoms with van der Waals surface area (Å²) in [7, 11) is 0. The summed E-state index contributed by atoms with van der Waals surface area (Å²) in [6, 6.07) is 17.0. The summed E-state index contributed by atoms with van der Waals surface area (Å²) < 4.78 is 2.13. The molecule has 2 aromatic carbocycles. The van der Waals surface area contributed by atoms with Crippen LogP contribution in [0, 0.1) is 0 Å². The second-order valence-electron chi connectivity index (χ2n) is 4.94. The average Bonchev–Trinajstić information content (AvgIpc) is 3.12. The smallest absolute Gasteiger partial charge is 0.267 e. The first-order chi connectivity index (χ1) is 11.2. The zero-order valence-corrected chi connectivity index (χ0v) is 13.4. The Bertz CT molecular complexity index is 1100. The van der Waals surface area contributed by atoms with Crippen molar-refractivity contribution in [2.24, 2.45) is 0 Å². The monoisotopic (exact) mass is 339 g/mol. The van der Waals surface area contributed by atoms with Gasteiger partial charge in [0.25, 0.3) is 5.56 Å². The lowest BCUT2D eigenvalue weighted by molar-refractivity contribution is 1.09. The molecule has 0 aliphatic heterocycles. The van der Waals surface area contributed by atoms with Crippen molar-refractivity contribution in [1.82, 2.24) is 14.6 Å². The molecule has 0 aliphatic rings. The van der Waals surface area contributed by atoms with Gasteiger partial charge in [0, 0.05) is 10.6 Å². The van der Waals surface area contributed by atoms with Gasteiger partial charge < -0.3 is 0 Å². The fraction of sp³-hybridized carbons (Fsp3) is 0. The number of nitrogens with zero attached hydrogens (tertiary/aromatic N) is 3. The second kappa shape index (κ2) is 5.61. The topological polar surface area (TPSA) is 47.3 Å². The van der Waals surface area contributed by atoms with Gasteiger partial charge in [-0.15, -0.1) is 10.2 Å². The van der Waals surface area contributed by atoms with Gasteiger partial charge in [0.2, 0.25) is 4.96 Å². The van der Waals surface area contributed by atoms with Crippen molar-refractivity contribution in [3.05, 3.63) is 80.1 Å². The van der Waals surface area contributed by atoms with Crippen molar-refractivity contribution in [1.29, 1.82) is 0 Å². The first kappa shape index (κ1) is 14.1. The summed E-state index contributed by atoms with van der Waals surface area (Å²) in [6.45, 7) is 0. The summed E-state index contributed by atoms with van der Waals surface area (Å²) in [5.41, 5.74) is 1.54. The highest BCUT2D eigenvalue weighted by molar-refractivity contribution is 7.15. The summed E-state index contributed by atoms with van der Waals surface area (Å²) in [5.74, 6) is 0.556. The van der Waals surface area contributed by atoms with E-state index < -0.39 is 0 Å². The zero-order valence-electron chi connectivity index (χ0n) is 11.8. The SMILES string of the molecule is O=c1/c(=C\c2ccccc2Cl)sc2nnc(-c3ccccc3)n12. The van der Waals surface area contributed by atoms with E-state index >= 15 is 0 Å². The highest BCUT2D eigenvalue weighted by atomic mass is 35.5. The van der Waals surface area contributed by atoms with Crippen LogP contribution in [0.2, 0.25) is 5.02 Å². The maximum absolute atomic E-state index is 12.7. The van der Waals surface area contributed by atoms with E-state index in [9.17, 15) is 4.79 Å². The molecule has 0 fully saturated rings. The molecule has 0 radical (unpaired) electrons. The van der Waals surface area contributed by atoms with Crippen LogP contribution in [-0.4, -0.2) is 14.6 Å². The lowest BCUT2D eigenvalue weighted by atomic mass is 10.2. The van der Waals surface area contributed by atoms with E-state index in [1.807, 2.05) is 48.5 Å². The number of hydrogen-bond donors (Lipinski definition) is 0. The summed E-state index contributed by atoms with van der Waals surface area (Å²) >= 11 is 7.47. The molecule has 4 aromatic rings. The summed E-state index contributed by atoms with van der Waals surface area (Å²) in [5, 5.41) is 8.87. The van der Waals surface area contributed by atoms with Crippen molar-refractivity contribution in [3.8, 4) is 11.4 Å². The average molecular weight is 340 g/mol. The molecule has 0 amide bonds. The number of rotatable bonds is 2. The maximum atomic E-state index is 12.7. The van der Waals surface area contributed by atoms with E-state index in [-0.39, 0.29) is 5.56 Å². The molecule has 0 aliphatic carbocycles. The van der Waals surface area contributed by atoms with Crippen LogP contribution >= 0.6 is 22.9 Å². The van der Waals surface area contributed by atoms with Gasteiger partial charge in [-0.25, -0.2) is 4.40 Å². The molecule has 4 nitrogen and oxygen atoms in total. The number of aromatic nitrogens is 3. The Morgan fingerprint density at radius 3 is 2.52 bits per heavy atom. The lowest BCUT2D eigenvalue weighted by Crippen LogP contribution is -2.23. The van der Waals surface area contributed by atoms with Crippen LogP contribution in [0.4, 0.5) is 0 Å². The van der Waals surface area contributed by atoms with E-state index in [0.717, 1.165) is 11.1 Å². The molecule has 0 N–H and O–H groups in total. The van der Waals surface area contributed by atoms with E-state index in [4.69, 9.17) is 11.6 Å². The number of hydrogen-bond acceptors (Lipinski definition) is 4. The van der Waals surface area contributed by atoms with E-state index in [1.165, 1.54) is 11.3 Å². The highest BCUT2D eigenvalue weighted by Crippen LogP contribution is 2.18. The van der Waals surface area contributed by atoms with Crippen LogP contribution in [0.25, 0.3) is 22.4 Å².